The SMILES string of the molecule is COc1ccc(OC)c(C2C(C(=O)c3sc(C)nc3C)=C(O)C(=O)N2CC2CCCO2)c1. The van der Waals surface area contributed by atoms with Crippen LogP contribution in [0.2, 0.25) is 0 Å². The topological polar surface area (TPSA) is 98.2 Å². The Bertz CT molecular complexity index is 1090. The zero-order chi connectivity index (χ0) is 23.0. The number of nitrogens with zero attached hydrogens (tertiary/aromatic N) is 2. The molecule has 2 atom stereocenters. The molecule has 0 saturated carbocycles. The van der Waals surface area contributed by atoms with Crippen LogP contribution >= 0.6 is 11.3 Å². The molecule has 2 unspecified atom stereocenters. The summed E-state index contributed by atoms with van der Waals surface area (Å²) < 4.78 is 16.7. The van der Waals surface area contributed by atoms with Crippen molar-refractivity contribution in [1.29, 1.82) is 0 Å². The fraction of sp³-hybridized carbons (Fsp3) is 0.435. The van der Waals surface area contributed by atoms with Gasteiger partial charge in [0.05, 0.1) is 47.5 Å². The van der Waals surface area contributed by atoms with Crippen molar-refractivity contribution < 1.29 is 28.9 Å². The molecule has 2 aromatic rings. The number of aliphatic hydroxyl groups excluding tert-OH is 1. The zero-order valence-electron chi connectivity index (χ0n) is 18.5. The van der Waals surface area contributed by atoms with Gasteiger partial charge in [0.25, 0.3) is 5.91 Å². The first-order chi connectivity index (χ1) is 15.3. The first kappa shape index (κ1) is 22.3. The minimum Gasteiger partial charge on any atom is -0.503 e. The van der Waals surface area contributed by atoms with Crippen LogP contribution < -0.4 is 9.47 Å². The standard InChI is InChI=1S/C23H26N2O6S/c1-12-22(32-13(2)24-12)20(26)18-19(16-10-14(29-3)7-8-17(16)30-4)25(23(28)21(18)27)11-15-6-5-9-31-15/h7-8,10,15,19,27H,5-6,9,11H2,1-4H3. The highest BCUT2D eigenvalue weighted by atomic mass is 32.1. The number of aryl methyl sites for hydroxylation is 2. The molecule has 1 saturated heterocycles. The fourth-order valence-corrected chi connectivity index (χ4v) is 5.20. The zero-order valence-corrected chi connectivity index (χ0v) is 19.3. The van der Waals surface area contributed by atoms with Crippen LogP contribution in [0.1, 0.15) is 44.8 Å². The van der Waals surface area contributed by atoms with Crippen molar-refractivity contribution in [2.45, 2.75) is 38.8 Å². The van der Waals surface area contributed by atoms with E-state index in [-0.39, 0.29) is 18.2 Å². The number of thiazole rings is 1. The van der Waals surface area contributed by atoms with E-state index in [0.717, 1.165) is 17.8 Å². The molecule has 1 N–H and O–H groups in total. The highest BCUT2D eigenvalue weighted by Crippen LogP contribution is 2.44. The smallest absolute Gasteiger partial charge is 0.290 e. The Morgan fingerprint density at radius 2 is 2.09 bits per heavy atom. The lowest BCUT2D eigenvalue weighted by Crippen LogP contribution is -2.37. The molecule has 0 bridgehead atoms. The molecule has 2 aliphatic rings. The predicted molar refractivity (Wildman–Crippen MR) is 119 cm³/mol. The third-order valence-electron chi connectivity index (χ3n) is 5.81. The molecule has 1 fully saturated rings. The summed E-state index contributed by atoms with van der Waals surface area (Å²) >= 11 is 1.25. The third kappa shape index (κ3) is 3.86. The van der Waals surface area contributed by atoms with Crippen LogP contribution in [-0.4, -0.2) is 60.2 Å². The van der Waals surface area contributed by atoms with Gasteiger partial charge in [0, 0.05) is 18.7 Å². The Balaban J connectivity index is 1.85. The van der Waals surface area contributed by atoms with Gasteiger partial charge in [-0.3, -0.25) is 9.59 Å². The Labute approximate surface area is 190 Å². The van der Waals surface area contributed by atoms with Crippen molar-refractivity contribution in [2.24, 2.45) is 0 Å². The third-order valence-corrected chi connectivity index (χ3v) is 6.89. The van der Waals surface area contributed by atoms with Gasteiger partial charge in [-0.1, -0.05) is 0 Å². The lowest BCUT2D eigenvalue weighted by Gasteiger charge is -2.30. The first-order valence-electron chi connectivity index (χ1n) is 10.4. The van der Waals surface area contributed by atoms with Crippen LogP contribution in [0.15, 0.2) is 29.5 Å². The highest BCUT2D eigenvalue weighted by Gasteiger charge is 2.46. The van der Waals surface area contributed by atoms with Gasteiger partial charge in [-0.05, 0) is 44.9 Å². The summed E-state index contributed by atoms with van der Waals surface area (Å²) in [5, 5.41) is 11.6. The lowest BCUT2D eigenvalue weighted by molar-refractivity contribution is -0.131. The van der Waals surface area contributed by atoms with Gasteiger partial charge in [-0.2, -0.15) is 0 Å². The average molecular weight is 459 g/mol. The first-order valence-corrected chi connectivity index (χ1v) is 11.2. The number of ether oxygens (including phenoxy) is 3. The van der Waals surface area contributed by atoms with Gasteiger partial charge in [-0.25, -0.2) is 4.98 Å². The summed E-state index contributed by atoms with van der Waals surface area (Å²) in [5.74, 6) is -0.527. The Kier molecular flexibility index (Phi) is 6.21. The van der Waals surface area contributed by atoms with Crippen molar-refractivity contribution >= 4 is 23.0 Å². The monoisotopic (exact) mass is 458 g/mol. The molecule has 2 aliphatic heterocycles. The quantitative estimate of drug-likeness (QED) is 0.634. The van der Waals surface area contributed by atoms with Gasteiger partial charge in [0.15, 0.2) is 5.76 Å². The Hall–Kier alpha value is -2.91. The Morgan fingerprint density at radius 1 is 1.31 bits per heavy atom. The van der Waals surface area contributed by atoms with E-state index >= 15 is 0 Å². The number of carbonyl (C=O) groups is 2. The number of amides is 1. The maximum absolute atomic E-state index is 13.6. The normalized spacial score (nSPS) is 20.9. The van der Waals surface area contributed by atoms with E-state index in [0.29, 0.717) is 34.2 Å². The summed E-state index contributed by atoms with van der Waals surface area (Å²) in [4.78, 5) is 33.1. The highest BCUT2D eigenvalue weighted by molar-refractivity contribution is 7.14. The largest absolute Gasteiger partial charge is 0.503 e. The number of benzene rings is 1. The molecule has 32 heavy (non-hydrogen) atoms. The number of methoxy groups -OCH3 is 2. The Morgan fingerprint density at radius 3 is 2.69 bits per heavy atom. The molecule has 3 heterocycles. The number of aliphatic hydroxyl groups is 1. The maximum Gasteiger partial charge on any atom is 0.290 e. The van der Waals surface area contributed by atoms with E-state index in [9.17, 15) is 14.7 Å². The molecule has 0 aliphatic carbocycles. The summed E-state index contributed by atoms with van der Waals surface area (Å²) in [6.45, 7) is 4.45. The van der Waals surface area contributed by atoms with Crippen LogP contribution in [0.5, 0.6) is 11.5 Å². The number of ketones is 1. The molecule has 170 valence electrons. The predicted octanol–water partition coefficient (Wildman–Crippen LogP) is 3.53. The van der Waals surface area contributed by atoms with E-state index in [2.05, 4.69) is 4.98 Å². The van der Waals surface area contributed by atoms with Gasteiger partial charge >= 0.3 is 0 Å². The number of Topliss-reactive ketones (excluding diaryl/α,β-unsaturated/α-hetero) is 1. The van der Waals surface area contributed by atoms with E-state index in [1.807, 2.05) is 6.92 Å². The molecule has 0 spiro atoms. The maximum atomic E-state index is 13.6. The average Bonchev–Trinajstić information content (AvgIpc) is 3.48. The summed E-state index contributed by atoms with van der Waals surface area (Å²) in [7, 11) is 3.06. The molecule has 1 aromatic carbocycles. The lowest BCUT2D eigenvalue weighted by atomic mass is 9.94. The molecule has 8 nitrogen and oxygen atoms in total. The number of hydrogen-bond donors (Lipinski definition) is 1. The number of rotatable bonds is 7. The molecule has 1 aromatic heterocycles. The summed E-state index contributed by atoms with van der Waals surface area (Å²) in [5.41, 5.74) is 1.15. The van der Waals surface area contributed by atoms with Gasteiger partial charge in [0.2, 0.25) is 5.78 Å². The summed E-state index contributed by atoms with van der Waals surface area (Å²) in [6.07, 6.45) is 1.56. The van der Waals surface area contributed by atoms with Crippen molar-refractivity contribution in [1.82, 2.24) is 9.88 Å². The van der Waals surface area contributed by atoms with E-state index in [1.165, 1.54) is 23.3 Å². The van der Waals surface area contributed by atoms with Gasteiger partial charge in [0.1, 0.15) is 11.5 Å². The van der Waals surface area contributed by atoms with Crippen molar-refractivity contribution in [3.63, 3.8) is 0 Å². The van der Waals surface area contributed by atoms with Crippen LogP contribution in [0.3, 0.4) is 0 Å². The molecule has 4 rings (SSSR count). The van der Waals surface area contributed by atoms with E-state index < -0.39 is 23.5 Å². The van der Waals surface area contributed by atoms with Crippen LogP contribution in [0.25, 0.3) is 0 Å². The van der Waals surface area contributed by atoms with Crippen molar-refractivity contribution in [3.8, 4) is 11.5 Å². The minimum atomic E-state index is -0.842. The van der Waals surface area contributed by atoms with Crippen LogP contribution in [-0.2, 0) is 9.53 Å². The van der Waals surface area contributed by atoms with E-state index in [1.54, 1.807) is 32.2 Å². The van der Waals surface area contributed by atoms with Gasteiger partial charge < -0.3 is 24.2 Å². The number of carbonyl (C=O) groups excluding carboxylic acids is 2. The fourth-order valence-electron chi connectivity index (χ4n) is 4.32. The van der Waals surface area contributed by atoms with Crippen LogP contribution in [0, 0.1) is 13.8 Å². The second-order valence-corrected chi connectivity index (χ2v) is 9.04. The molecule has 0 radical (unpaired) electrons. The summed E-state index contributed by atoms with van der Waals surface area (Å²) in [6, 6.07) is 4.36. The molecule has 1 amide bonds. The van der Waals surface area contributed by atoms with Crippen LogP contribution in [0.4, 0.5) is 0 Å². The van der Waals surface area contributed by atoms with Crippen molar-refractivity contribution in [3.05, 3.63) is 50.7 Å². The minimum absolute atomic E-state index is 0.0197. The molecular formula is C23H26N2O6S. The molecule has 9 heteroatoms. The number of hydrogen-bond acceptors (Lipinski definition) is 8. The second kappa shape index (κ2) is 8.91. The second-order valence-electron chi connectivity index (χ2n) is 7.84. The number of aromatic nitrogens is 1. The van der Waals surface area contributed by atoms with E-state index in [4.69, 9.17) is 14.2 Å². The van der Waals surface area contributed by atoms with Crippen molar-refractivity contribution in [2.75, 3.05) is 27.4 Å². The van der Waals surface area contributed by atoms with Gasteiger partial charge in [-0.15, -0.1) is 11.3 Å². The molecular weight excluding hydrogens is 432 g/mol.